The lowest BCUT2D eigenvalue weighted by atomic mass is 10.1. The second kappa shape index (κ2) is 5.04. The van der Waals surface area contributed by atoms with E-state index in [1.807, 2.05) is 47.1 Å². The number of pyridine rings is 1. The summed E-state index contributed by atoms with van der Waals surface area (Å²) in [7, 11) is 0. The summed E-state index contributed by atoms with van der Waals surface area (Å²) in [6.45, 7) is 0. The Labute approximate surface area is 138 Å². The van der Waals surface area contributed by atoms with E-state index in [1.165, 1.54) is 5.56 Å². The Balaban J connectivity index is 1.70. The molecule has 0 radical (unpaired) electrons. The van der Waals surface area contributed by atoms with Crippen LogP contribution >= 0.6 is 0 Å². The molecule has 3 heterocycles. The molecule has 5 rings (SSSR count). The van der Waals surface area contributed by atoms with Crippen LogP contribution in [0.2, 0.25) is 0 Å². The van der Waals surface area contributed by atoms with E-state index < -0.39 is 6.10 Å². The van der Waals surface area contributed by atoms with Crippen molar-refractivity contribution in [3.63, 3.8) is 0 Å². The van der Waals surface area contributed by atoms with Crippen LogP contribution in [-0.2, 0) is 6.42 Å². The molecule has 0 aliphatic heterocycles. The van der Waals surface area contributed by atoms with Crippen LogP contribution < -0.4 is 0 Å². The molecule has 0 amide bonds. The van der Waals surface area contributed by atoms with Crippen LogP contribution in [0, 0.1) is 0 Å². The van der Waals surface area contributed by atoms with Gasteiger partial charge in [-0.2, -0.15) is 5.10 Å². The average Bonchev–Trinajstić information content (AvgIpc) is 3.31. The number of fused-ring (bicyclic) bond motifs is 2. The topological polar surface area (TPSA) is 55.3 Å². The Kier molecular flexibility index (Phi) is 2.84. The van der Waals surface area contributed by atoms with Gasteiger partial charge in [0.05, 0.1) is 23.9 Å². The van der Waals surface area contributed by atoms with Gasteiger partial charge in [0.15, 0.2) is 5.82 Å². The SMILES string of the molecule is O[C@H]1Cc2ccccc2[C@H]1n1ccnc1-c1cccc2ccnn12. The summed E-state index contributed by atoms with van der Waals surface area (Å²) in [6, 6.07) is 16.1. The van der Waals surface area contributed by atoms with Gasteiger partial charge in [-0.25, -0.2) is 9.50 Å². The maximum Gasteiger partial charge on any atom is 0.159 e. The highest BCUT2D eigenvalue weighted by Gasteiger charge is 2.33. The van der Waals surface area contributed by atoms with Crippen LogP contribution in [0.5, 0.6) is 0 Å². The fourth-order valence-electron chi connectivity index (χ4n) is 3.74. The number of nitrogens with zero attached hydrogens (tertiary/aromatic N) is 4. The molecule has 0 unspecified atom stereocenters. The van der Waals surface area contributed by atoms with Crippen molar-refractivity contribution >= 4 is 5.52 Å². The third kappa shape index (κ3) is 1.85. The van der Waals surface area contributed by atoms with Crippen molar-refractivity contribution in [2.24, 2.45) is 0 Å². The normalized spacial score (nSPS) is 19.7. The lowest BCUT2D eigenvalue weighted by molar-refractivity contribution is 0.145. The lowest BCUT2D eigenvalue weighted by Gasteiger charge is -2.20. The Morgan fingerprint density at radius 2 is 1.92 bits per heavy atom. The number of imidazole rings is 1. The minimum absolute atomic E-state index is 0.121. The molecule has 1 aromatic carbocycles. The van der Waals surface area contributed by atoms with E-state index in [1.54, 1.807) is 12.4 Å². The molecule has 1 N–H and O–H groups in total. The van der Waals surface area contributed by atoms with Crippen LogP contribution in [-0.4, -0.2) is 30.4 Å². The fourth-order valence-corrected chi connectivity index (χ4v) is 3.74. The molecule has 5 heteroatoms. The predicted molar refractivity (Wildman–Crippen MR) is 90.7 cm³/mol. The minimum atomic E-state index is -0.452. The monoisotopic (exact) mass is 316 g/mol. The maximum absolute atomic E-state index is 10.7. The number of hydrogen-bond acceptors (Lipinski definition) is 3. The van der Waals surface area contributed by atoms with Crippen LogP contribution in [0.15, 0.2) is 67.1 Å². The van der Waals surface area contributed by atoms with Gasteiger partial charge < -0.3 is 9.67 Å². The van der Waals surface area contributed by atoms with E-state index in [4.69, 9.17) is 0 Å². The third-order valence-electron chi connectivity index (χ3n) is 4.79. The first kappa shape index (κ1) is 13.5. The van der Waals surface area contributed by atoms with Crippen molar-refractivity contribution in [3.8, 4) is 11.5 Å². The summed E-state index contributed by atoms with van der Waals surface area (Å²) in [5.41, 5.74) is 4.30. The van der Waals surface area contributed by atoms with Gasteiger partial charge in [-0.1, -0.05) is 30.3 Å². The second-order valence-electron chi connectivity index (χ2n) is 6.15. The lowest BCUT2D eigenvalue weighted by Crippen LogP contribution is -2.21. The van der Waals surface area contributed by atoms with Gasteiger partial charge >= 0.3 is 0 Å². The molecule has 0 saturated carbocycles. The van der Waals surface area contributed by atoms with Crippen molar-refractivity contribution in [1.82, 2.24) is 19.2 Å². The van der Waals surface area contributed by atoms with Crippen molar-refractivity contribution in [1.29, 1.82) is 0 Å². The first-order valence-electron chi connectivity index (χ1n) is 8.05. The van der Waals surface area contributed by atoms with Crippen molar-refractivity contribution in [2.75, 3.05) is 0 Å². The van der Waals surface area contributed by atoms with E-state index in [0.717, 1.165) is 22.6 Å². The summed E-state index contributed by atoms with van der Waals surface area (Å²) in [5.74, 6) is 0.810. The van der Waals surface area contributed by atoms with Gasteiger partial charge in [0.2, 0.25) is 0 Å². The van der Waals surface area contributed by atoms with E-state index in [2.05, 4.69) is 26.8 Å². The third-order valence-corrected chi connectivity index (χ3v) is 4.79. The van der Waals surface area contributed by atoms with E-state index >= 15 is 0 Å². The standard InChI is InChI=1S/C19H16N4O/c24-17-12-13-4-1-2-6-15(13)18(17)22-11-10-20-19(22)16-7-3-5-14-8-9-21-23(14)16/h1-11,17-18,24H,12H2/t17-,18+/m0/s1. The maximum atomic E-state index is 10.7. The number of benzene rings is 1. The quantitative estimate of drug-likeness (QED) is 0.618. The molecule has 4 aromatic rings. The molecule has 1 aliphatic carbocycles. The van der Waals surface area contributed by atoms with Crippen LogP contribution in [0.1, 0.15) is 17.2 Å². The molecule has 118 valence electrons. The smallest absolute Gasteiger partial charge is 0.159 e. The Morgan fingerprint density at radius 1 is 1.00 bits per heavy atom. The zero-order chi connectivity index (χ0) is 16.1. The Bertz CT molecular complexity index is 1030. The molecule has 1 aliphatic rings. The van der Waals surface area contributed by atoms with Gasteiger partial charge in [-0.15, -0.1) is 0 Å². The van der Waals surface area contributed by atoms with Gasteiger partial charge in [-0.3, -0.25) is 0 Å². The predicted octanol–water partition coefficient (Wildman–Crippen LogP) is 2.70. The van der Waals surface area contributed by atoms with Gasteiger partial charge in [-0.05, 0) is 29.3 Å². The van der Waals surface area contributed by atoms with Crippen molar-refractivity contribution < 1.29 is 5.11 Å². The number of hydrogen-bond donors (Lipinski definition) is 1. The molecule has 0 saturated heterocycles. The van der Waals surface area contributed by atoms with E-state index in [0.29, 0.717) is 6.42 Å². The van der Waals surface area contributed by atoms with Crippen LogP contribution in [0.25, 0.3) is 17.0 Å². The van der Waals surface area contributed by atoms with Gasteiger partial charge in [0.1, 0.15) is 5.69 Å². The first-order valence-corrected chi connectivity index (χ1v) is 8.05. The molecule has 2 atom stereocenters. The molecule has 3 aromatic heterocycles. The minimum Gasteiger partial charge on any atom is -0.390 e. The molecular weight excluding hydrogens is 300 g/mol. The zero-order valence-corrected chi connectivity index (χ0v) is 12.9. The first-order chi connectivity index (χ1) is 11.8. The van der Waals surface area contributed by atoms with Gasteiger partial charge in [0, 0.05) is 18.8 Å². The second-order valence-corrected chi connectivity index (χ2v) is 6.15. The number of aliphatic hydroxyl groups excluding tert-OH is 1. The van der Waals surface area contributed by atoms with Crippen LogP contribution in [0.3, 0.4) is 0 Å². The Morgan fingerprint density at radius 3 is 2.88 bits per heavy atom. The van der Waals surface area contributed by atoms with Gasteiger partial charge in [0.25, 0.3) is 0 Å². The summed E-state index contributed by atoms with van der Waals surface area (Å²) in [5, 5.41) is 15.1. The summed E-state index contributed by atoms with van der Waals surface area (Å²) >= 11 is 0. The highest BCUT2D eigenvalue weighted by Crippen LogP contribution is 2.36. The highest BCUT2D eigenvalue weighted by atomic mass is 16.3. The van der Waals surface area contributed by atoms with Crippen molar-refractivity contribution in [2.45, 2.75) is 18.6 Å². The fraction of sp³-hybridized carbons (Fsp3) is 0.158. The number of aliphatic hydroxyl groups is 1. The number of rotatable bonds is 2. The largest absolute Gasteiger partial charge is 0.390 e. The molecule has 24 heavy (non-hydrogen) atoms. The zero-order valence-electron chi connectivity index (χ0n) is 12.9. The van der Waals surface area contributed by atoms with Crippen LogP contribution in [0.4, 0.5) is 0 Å². The van der Waals surface area contributed by atoms with E-state index in [9.17, 15) is 5.11 Å². The summed E-state index contributed by atoms with van der Waals surface area (Å²) < 4.78 is 3.94. The Hall–Kier alpha value is -2.92. The highest BCUT2D eigenvalue weighted by molar-refractivity contribution is 5.59. The number of aromatic nitrogens is 4. The average molecular weight is 316 g/mol. The summed E-state index contributed by atoms with van der Waals surface area (Å²) in [4.78, 5) is 4.56. The van der Waals surface area contributed by atoms with E-state index in [-0.39, 0.29) is 6.04 Å². The summed E-state index contributed by atoms with van der Waals surface area (Å²) in [6.07, 6.45) is 5.72. The molecule has 5 nitrogen and oxygen atoms in total. The van der Waals surface area contributed by atoms with Crippen molar-refractivity contribution in [3.05, 3.63) is 78.2 Å². The molecule has 0 fully saturated rings. The molecule has 0 bridgehead atoms. The molecule has 0 spiro atoms. The molecular formula is C19H16N4O.